The Hall–Kier alpha value is -2.02. The highest BCUT2D eigenvalue weighted by Gasteiger charge is 2.09. The lowest BCUT2D eigenvalue weighted by atomic mass is 10.1. The molecule has 0 atom stereocenters. The summed E-state index contributed by atoms with van der Waals surface area (Å²) in [6, 6.07) is 7.81. The van der Waals surface area contributed by atoms with Crippen LogP contribution in [0.5, 0.6) is 0 Å². The van der Waals surface area contributed by atoms with Crippen LogP contribution in [0.25, 0.3) is 0 Å². The predicted octanol–water partition coefficient (Wildman–Crippen LogP) is 1.59. The Bertz CT molecular complexity index is 611. The minimum Gasteiger partial charge on any atom is -0.336 e. The summed E-state index contributed by atoms with van der Waals surface area (Å²) >= 11 is 1.26. The lowest BCUT2D eigenvalue weighted by molar-refractivity contribution is -0.113. The highest BCUT2D eigenvalue weighted by atomic mass is 32.2. The molecule has 1 aromatic carbocycles. The molecule has 0 saturated heterocycles. The van der Waals surface area contributed by atoms with Gasteiger partial charge in [0.2, 0.25) is 11.1 Å². The van der Waals surface area contributed by atoms with E-state index >= 15 is 0 Å². The van der Waals surface area contributed by atoms with Gasteiger partial charge < -0.3 is 11.2 Å². The van der Waals surface area contributed by atoms with Gasteiger partial charge in [0.15, 0.2) is 0 Å². The van der Waals surface area contributed by atoms with Gasteiger partial charge in [-0.15, -0.1) is 10.2 Å². The van der Waals surface area contributed by atoms with Crippen molar-refractivity contribution in [2.45, 2.75) is 25.4 Å². The maximum Gasteiger partial charge on any atom is 0.234 e. The highest BCUT2D eigenvalue weighted by molar-refractivity contribution is 7.99. The molecule has 2 rings (SSSR count). The molecular formula is C13H17N5OS. The molecule has 7 heteroatoms. The molecule has 0 spiro atoms. The lowest BCUT2D eigenvalue weighted by Gasteiger charge is -2.06. The fraction of sp³-hybridized carbons (Fsp3) is 0.308. The molecule has 1 aromatic heterocycles. The molecule has 0 radical (unpaired) electrons. The molecule has 0 aliphatic heterocycles. The average molecular weight is 291 g/mol. The van der Waals surface area contributed by atoms with Crippen LogP contribution >= 0.6 is 11.8 Å². The van der Waals surface area contributed by atoms with Gasteiger partial charge in [-0.05, 0) is 31.0 Å². The first-order chi connectivity index (χ1) is 9.60. The molecule has 0 unspecified atom stereocenters. The molecule has 1 heterocycles. The number of aryl methyl sites for hydroxylation is 2. The Balaban J connectivity index is 1.90. The van der Waals surface area contributed by atoms with Crippen molar-refractivity contribution < 1.29 is 4.79 Å². The zero-order valence-corrected chi connectivity index (χ0v) is 12.3. The van der Waals surface area contributed by atoms with E-state index < -0.39 is 0 Å². The SMILES string of the molecule is CCc1cccc(NC(=O)CSc2nnc(C)n2N)c1. The number of nitrogen functional groups attached to an aromatic ring is 1. The van der Waals surface area contributed by atoms with Crippen molar-refractivity contribution >= 4 is 23.4 Å². The van der Waals surface area contributed by atoms with Gasteiger partial charge in [-0.1, -0.05) is 30.8 Å². The topological polar surface area (TPSA) is 85.8 Å². The molecule has 0 bridgehead atoms. The first kappa shape index (κ1) is 14.4. The summed E-state index contributed by atoms with van der Waals surface area (Å²) in [5, 5.41) is 11.1. The summed E-state index contributed by atoms with van der Waals surface area (Å²) in [6.07, 6.45) is 0.939. The molecule has 1 amide bonds. The number of hydrogen-bond donors (Lipinski definition) is 2. The zero-order valence-electron chi connectivity index (χ0n) is 11.5. The average Bonchev–Trinajstić information content (AvgIpc) is 2.77. The summed E-state index contributed by atoms with van der Waals surface area (Å²) in [5.41, 5.74) is 1.99. The van der Waals surface area contributed by atoms with Gasteiger partial charge in [0.25, 0.3) is 0 Å². The fourth-order valence-electron chi connectivity index (χ4n) is 1.64. The molecule has 0 aliphatic rings. The number of nitrogens with two attached hydrogens (primary N) is 1. The monoisotopic (exact) mass is 291 g/mol. The second kappa shape index (κ2) is 6.42. The Kier molecular flexibility index (Phi) is 4.62. The second-order valence-electron chi connectivity index (χ2n) is 4.29. The number of anilines is 1. The molecule has 0 saturated carbocycles. The summed E-state index contributed by atoms with van der Waals surface area (Å²) in [4.78, 5) is 11.9. The standard InChI is InChI=1S/C13H17N5OS/c1-3-10-5-4-6-11(7-10)15-12(19)8-20-13-17-16-9(2)18(13)14/h4-7H,3,8,14H2,1-2H3,(H,15,19). The van der Waals surface area contributed by atoms with Crippen molar-refractivity contribution in [2.24, 2.45) is 0 Å². The summed E-state index contributed by atoms with van der Waals surface area (Å²) < 4.78 is 1.37. The van der Waals surface area contributed by atoms with Crippen molar-refractivity contribution in [3.8, 4) is 0 Å². The van der Waals surface area contributed by atoms with Gasteiger partial charge in [-0.3, -0.25) is 4.79 Å². The van der Waals surface area contributed by atoms with Crippen LogP contribution < -0.4 is 11.2 Å². The largest absolute Gasteiger partial charge is 0.336 e. The maximum atomic E-state index is 11.9. The van der Waals surface area contributed by atoms with Crippen molar-refractivity contribution in [2.75, 3.05) is 16.9 Å². The van der Waals surface area contributed by atoms with Gasteiger partial charge in [0.05, 0.1) is 5.75 Å². The fourth-order valence-corrected chi connectivity index (χ4v) is 2.35. The van der Waals surface area contributed by atoms with Crippen molar-refractivity contribution in [3.05, 3.63) is 35.7 Å². The van der Waals surface area contributed by atoms with Crippen LogP contribution in [0.3, 0.4) is 0 Å². The minimum atomic E-state index is -0.0936. The number of carbonyl (C=O) groups is 1. The number of hydrogen-bond acceptors (Lipinski definition) is 5. The van der Waals surface area contributed by atoms with E-state index in [4.69, 9.17) is 5.84 Å². The van der Waals surface area contributed by atoms with Crippen molar-refractivity contribution in [1.82, 2.24) is 14.9 Å². The minimum absolute atomic E-state index is 0.0936. The van der Waals surface area contributed by atoms with Gasteiger partial charge in [0.1, 0.15) is 5.82 Å². The van der Waals surface area contributed by atoms with Crippen molar-refractivity contribution in [3.63, 3.8) is 0 Å². The van der Waals surface area contributed by atoms with Gasteiger partial charge >= 0.3 is 0 Å². The van der Waals surface area contributed by atoms with E-state index in [2.05, 4.69) is 22.4 Å². The second-order valence-corrected chi connectivity index (χ2v) is 5.23. The Morgan fingerprint density at radius 1 is 1.45 bits per heavy atom. The van der Waals surface area contributed by atoms with Gasteiger partial charge in [-0.25, -0.2) is 4.68 Å². The van der Waals surface area contributed by atoms with E-state index in [1.165, 1.54) is 22.0 Å². The van der Waals surface area contributed by atoms with Crippen LogP contribution in [0.4, 0.5) is 5.69 Å². The van der Waals surface area contributed by atoms with E-state index in [1.807, 2.05) is 24.3 Å². The number of nitrogens with one attached hydrogen (secondary N) is 1. The zero-order chi connectivity index (χ0) is 14.5. The number of benzene rings is 1. The number of thioether (sulfide) groups is 1. The number of amides is 1. The molecular weight excluding hydrogens is 274 g/mol. The van der Waals surface area contributed by atoms with E-state index in [0.29, 0.717) is 11.0 Å². The van der Waals surface area contributed by atoms with Crippen molar-refractivity contribution in [1.29, 1.82) is 0 Å². The lowest BCUT2D eigenvalue weighted by Crippen LogP contribution is -2.16. The van der Waals surface area contributed by atoms with Crippen LogP contribution in [-0.2, 0) is 11.2 Å². The molecule has 20 heavy (non-hydrogen) atoms. The molecule has 6 nitrogen and oxygen atoms in total. The van der Waals surface area contributed by atoms with Crippen LogP contribution in [-0.4, -0.2) is 26.5 Å². The third-order valence-corrected chi connectivity index (χ3v) is 3.73. The summed E-state index contributed by atoms with van der Waals surface area (Å²) in [5.74, 6) is 6.48. The third-order valence-electron chi connectivity index (χ3n) is 2.79. The maximum absolute atomic E-state index is 11.9. The van der Waals surface area contributed by atoms with Gasteiger partial charge in [0, 0.05) is 5.69 Å². The number of carbonyl (C=O) groups excluding carboxylic acids is 1. The van der Waals surface area contributed by atoms with E-state index in [0.717, 1.165) is 12.1 Å². The van der Waals surface area contributed by atoms with Crippen LogP contribution in [0.1, 0.15) is 18.3 Å². The Labute approximate surface area is 121 Å². The molecule has 0 aliphatic carbocycles. The highest BCUT2D eigenvalue weighted by Crippen LogP contribution is 2.16. The number of nitrogens with zero attached hydrogens (tertiary/aromatic N) is 3. The van der Waals surface area contributed by atoms with E-state index in [1.54, 1.807) is 6.92 Å². The molecule has 3 N–H and O–H groups in total. The van der Waals surface area contributed by atoms with Gasteiger partial charge in [-0.2, -0.15) is 0 Å². The number of aromatic nitrogens is 3. The normalized spacial score (nSPS) is 10.5. The third kappa shape index (κ3) is 3.51. The first-order valence-electron chi connectivity index (χ1n) is 6.29. The predicted molar refractivity (Wildman–Crippen MR) is 80.1 cm³/mol. The first-order valence-corrected chi connectivity index (χ1v) is 7.27. The number of rotatable bonds is 5. The summed E-state index contributed by atoms with van der Waals surface area (Å²) in [6.45, 7) is 3.83. The molecule has 2 aromatic rings. The summed E-state index contributed by atoms with van der Waals surface area (Å²) in [7, 11) is 0. The Morgan fingerprint density at radius 2 is 2.25 bits per heavy atom. The Morgan fingerprint density at radius 3 is 2.90 bits per heavy atom. The van der Waals surface area contributed by atoms with E-state index in [9.17, 15) is 4.79 Å². The van der Waals surface area contributed by atoms with Crippen LogP contribution in [0.15, 0.2) is 29.4 Å². The van der Waals surface area contributed by atoms with Crippen LogP contribution in [0, 0.1) is 6.92 Å². The molecule has 106 valence electrons. The van der Waals surface area contributed by atoms with E-state index in [-0.39, 0.29) is 11.7 Å². The quantitative estimate of drug-likeness (QED) is 0.645. The smallest absolute Gasteiger partial charge is 0.234 e. The molecule has 0 fully saturated rings. The van der Waals surface area contributed by atoms with Crippen LogP contribution in [0.2, 0.25) is 0 Å².